The molecule has 1 aromatic carbocycles. The summed E-state index contributed by atoms with van der Waals surface area (Å²) in [5.74, 6) is -0.698. The Balaban J connectivity index is 1.90. The Morgan fingerprint density at radius 1 is 0.923 bits per heavy atom. The second-order valence-electron chi connectivity index (χ2n) is 6.62. The fourth-order valence-electron chi connectivity index (χ4n) is 2.89. The van der Waals surface area contributed by atoms with Crippen LogP contribution in [0.3, 0.4) is 0 Å². The summed E-state index contributed by atoms with van der Waals surface area (Å²) in [6, 6.07) is 6.69. The second kappa shape index (κ2) is 14.2. The minimum Gasteiger partial charge on any atom is -0.481 e. The summed E-state index contributed by atoms with van der Waals surface area (Å²) in [5.41, 5.74) is 0.747. The number of unbranched alkanes of at least 4 members (excludes halogenated alkanes) is 9. The molecule has 0 radical (unpaired) electrons. The molecule has 1 rings (SSSR count). The number of carboxylic acids is 1. The number of benzene rings is 1. The summed E-state index contributed by atoms with van der Waals surface area (Å²) in [4.78, 5) is 20.9. The number of hydrogen-bond acceptors (Lipinski definition) is 4. The summed E-state index contributed by atoms with van der Waals surface area (Å²) < 4.78 is 5.56. The molecule has 0 saturated carbocycles. The van der Waals surface area contributed by atoms with E-state index in [2.05, 4.69) is 0 Å². The van der Waals surface area contributed by atoms with E-state index in [0.29, 0.717) is 25.2 Å². The van der Waals surface area contributed by atoms with Crippen LogP contribution in [0.4, 0.5) is 5.69 Å². The van der Waals surface area contributed by atoms with Gasteiger partial charge >= 0.3 is 5.97 Å². The molecule has 0 heterocycles. The van der Waals surface area contributed by atoms with Crippen molar-refractivity contribution in [1.29, 1.82) is 0 Å². The first kappa shape index (κ1) is 22.1. The minimum atomic E-state index is -0.698. The molecule has 0 fully saturated rings. The number of nitro benzene ring substituents is 1. The lowest BCUT2D eigenvalue weighted by molar-refractivity contribution is -0.385. The van der Waals surface area contributed by atoms with Crippen molar-refractivity contribution in [3.8, 4) is 0 Å². The van der Waals surface area contributed by atoms with Gasteiger partial charge in [-0.05, 0) is 18.9 Å². The maximum atomic E-state index is 10.9. The van der Waals surface area contributed by atoms with E-state index < -0.39 is 5.97 Å². The van der Waals surface area contributed by atoms with Crippen molar-refractivity contribution in [3.05, 3.63) is 39.9 Å². The molecule has 0 aliphatic heterocycles. The molecule has 1 N–H and O–H groups in total. The SMILES string of the molecule is O=C(O)CCCCCCCCCCCCOCc1ccccc1[N+](=O)[O-]. The minimum absolute atomic E-state index is 0.121. The molecule has 0 saturated heterocycles. The summed E-state index contributed by atoms with van der Waals surface area (Å²) in [7, 11) is 0. The molecular weight excluding hydrogens is 334 g/mol. The number of aliphatic carboxylic acids is 1. The van der Waals surface area contributed by atoms with Gasteiger partial charge < -0.3 is 9.84 Å². The third-order valence-electron chi connectivity index (χ3n) is 4.38. The summed E-state index contributed by atoms with van der Waals surface area (Å²) >= 11 is 0. The summed E-state index contributed by atoms with van der Waals surface area (Å²) in [6.45, 7) is 0.925. The lowest BCUT2D eigenvalue weighted by atomic mass is 10.1. The summed E-state index contributed by atoms with van der Waals surface area (Å²) in [5, 5.41) is 19.5. The monoisotopic (exact) mass is 365 g/mol. The van der Waals surface area contributed by atoms with Gasteiger partial charge in [0, 0.05) is 19.1 Å². The first-order valence-electron chi connectivity index (χ1n) is 9.63. The fraction of sp³-hybridized carbons (Fsp3) is 0.650. The molecule has 0 aliphatic carbocycles. The molecule has 6 heteroatoms. The van der Waals surface area contributed by atoms with Gasteiger partial charge in [-0.15, -0.1) is 0 Å². The molecule has 0 atom stereocenters. The number of nitro groups is 1. The normalized spacial score (nSPS) is 10.8. The van der Waals surface area contributed by atoms with Gasteiger partial charge in [-0.1, -0.05) is 63.5 Å². The smallest absolute Gasteiger partial charge is 0.303 e. The van der Waals surface area contributed by atoms with Gasteiger partial charge in [-0.3, -0.25) is 14.9 Å². The zero-order valence-electron chi connectivity index (χ0n) is 15.5. The predicted molar refractivity (Wildman–Crippen MR) is 101 cm³/mol. The highest BCUT2D eigenvalue weighted by Crippen LogP contribution is 2.18. The molecule has 0 amide bonds. The third kappa shape index (κ3) is 10.8. The molecule has 0 aromatic heterocycles. The van der Waals surface area contributed by atoms with Gasteiger partial charge in [-0.2, -0.15) is 0 Å². The standard InChI is InChI=1S/C20H31NO5/c22-20(23)15-9-7-5-3-1-2-4-6-8-12-16-26-17-18-13-10-11-14-19(18)21(24)25/h10-11,13-14H,1-9,12,15-17H2,(H,22,23). The maximum Gasteiger partial charge on any atom is 0.303 e. The molecule has 0 bridgehead atoms. The molecule has 1 aromatic rings. The number of para-hydroxylation sites is 1. The zero-order chi connectivity index (χ0) is 19.0. The van der Waals surface area contributed by atoms with E-state index in [1.54, 1.807) is 18.2 Å². The van der Waals surface area contributed by atoms with Crippen molar-refractivity contribution >= 4 is 11.7 Å². The first-order valence-corrected chi connectivity index (χ1v) is 9.63. The Morgan fingerprint density at radius 2 is 1.46 bits per heavy atom. The third-order valence-corrected chi connectivity index (χ3v) is 4.38. The molecule has 26 heavy (non-hydrogen) atoms. The van der Waals surface area contributed by atoms with Crippen LogP contribution in [-0.2, 0) is 16.1 Å². The van der Waals surface area contributed by atoms with Gasteiger partial charge in [0.15, 0.2) is 0 Å². The number of hydrogen-bond donors (Lipinski definition) is 1. The first-order chi connectivity index (χ1) is 12.6. The predicted octanol–water partition coefficient (Wildman–Crippen LogP) is 5.49. The van der Waals surface area contributed by atoms with Gasteiger partial charge in [0.2, 0.25) is 0 Å². The van der Waals surface area contributed by atoms with E-state index in [1.807, 2.05) is 0 Å². The van der Waals surface area contributed by atoms with Gasteiger partial charge in [0.05, 0.1) is 17.1 Å². The number of nitrogens with zero attached hydrogens (tertiary/aromatic N) is 1. The average Bonchev–Trinajstić information content (AvgIpc) is 2.62. The largest absolute Gasteiger partial charge is 0.481 e. The summed E-state index contributed by atoms with van der Waals surface area (Å²) in [6.07, 6.45) is 11.4. The number of rotatable bonds is 16. The fourth-order valence-corrected chi connectivity index (χ4v) is 2.89. The van der Waals surface area contributed by atoms with E-state index in [4.69, 9.17) is 9.84 Å². The lowest BCUT2D eigenvalue weighted by Gasteiger charge is -2.05. The quantitative estimate of drug-likeness (QED) is 0.238. The van der Waals surface area contributed by atoms with E-state index in [-0.39, 0.29) is 10.6 Å². The van der Waals surface area contributed by atoms with Gasteiger partial charge in [0.25, 0.3) is 5.69 Å². The number of carbonyl (C=O) groups is 1. The van der Waals surface area contributed by atoms with E-state index >= 15 is 0 Å². The molecule has 0 aliphatic rings. The molecule has 146 valence electrons. The van der Waals surface area contributed by atoms with Crippen LogP contribution in [0.15, 0.2) is 24.3 Å². The van der Waals surface area contributed by atoms with Crippen LogP contribution in [0.25, 0.3) is 0 Å². The Morgan fingerprint density at radius 3 is 2.04 bits per heavy atom. The Hall–Kier alpha value is -1.95. The Kier molecular flexibility index (Phi) is 12.1. The van der Waals surface area contributed by atoms with Crippen LogP contribution in [0.5, 0.6) is 0 Å². The highest BCUT2D eigenvalue weighted by Gasteiger charge is 2.11. The van der Waals surface area contributed by atoms with Crippen molar-refractivity contribution in [1.82, 2.24) is 0 Å². The molecular formula is C20H31NO5. The lowest BCUT2D eigenvalue weighted by Crippen LogP contribution is -1.99. The maximum absolute atomic E-state index is 10.9. The highest BCUT2D eigenvalue weighted by atomic mass is 16.6. The van der Waals surface area contributed by atoms with Crippen molar-refractivity contribution in [2.45, 2.75) is 77.2 Å². The molecule has 6 nitrogen and oxygen atoms in total. The van der Waals surface area contributed by atoms with Crippen LogP contribution < -0.4 is 0 Å². The second-order valence-corrected chi connectivity index (χ2v) is 6.62. The van der Waals surface area contributed by atoms with Crippen LogP contribution in [0.2, 0.25) is 0 Å². The van der Waals surface area contributed by atoms with Crippen LogP contribution in [0, 0.1) is 10.1 Å². The van der Waals surface area contributed by atoms with E-state index in [1.165, 1.54) is 38.2 Å². The average molecular weight is 365 g/mol. The Bertz CT molecular complexity index is 533. The van der Waals surface area contributed by atoms with Crippen LogP contribution >= 0.6 is 0 Å². The van der Waals surface area contributed by atoms with Gasteiger partial charge in [0.1, 0.15) is 0 Å². The van der Waals surface area contributed by atoms with Crippen LogP contribution in [0.1, 0.15) is 76.2 Å². The topological polar surface area (TPSA) is 89.7 Å². The van der Waals surface area contributed by atoms with Gasteiger partial charge in [-0.25, -0.2) is 0 Å². The number of ether oxygens (including phenoxy) is 1. The molecule has 0 unspecified atom stereocenters. The van der Waals surface area contributed by atoms with Crippen molar-refractivity contribution in [2.24, 2.45) is 0 Å². The van der Waals surface area contributed by atoms with Crippen molar-refractivity contribution < 1.29 is 19.6 Å². The zero-order valence-corrected chi connectivity index (χ0v) is 15.5. The van der Waals surface area contributed by atoms with E-state index in [9.17, 15) is 14.9 Å². The van der Waals surface area contributed by atoms with Crippen LogP contribution in [-0.4, -0.2) is 22.6 Å². The van der Waals surface area contributed by atoms with Crippen molar-refractivity contribution in [3.63, 3.8) is 0 Å². The van der Waals surface area contributed by atoms with Crippen molar-refractivity contribution in [2.75, 3.05) is 6.61 Å². The molecule has 0 spiro atoms. The Labute approximate surface area is 155 Å². The van der Waals surface area contributed by atoms with E-state index in [0.717, 1.165) is 32.1 Å². The number of carboxylic acid groups (broad SMARTS) is 1. The highest BCUT2D eigenvalue weighted by molar-refractivity contribution is 5.66.